The molecule has 2 saturated carbocycles. The summed E-state index contributed by atoms with van der Waals surface area (Å²) in [6, 6.07) is 13.7. The SMILES string of the molecule is c1ccc(C2CCC2)c(-c2ccc(CNC3CC3)o2)c1. The average molecular weight is 267 g/mol. The summed E-state index contributed by atoms with van der Waals surface area (Å²) in [6.07, 6.45) is 6.66. The second-order valence-electron chi connectivity index (χ2n) is 6.14. The maximum absolute atomic E-state index is 6.04. The van der Waals surface area contributed by atoms with Crippen molar-refractivity contribution in [2.45, 2.75) is 50.6 Å². The molecule has 0 atom stereocenters. The van der Waals surface area contributed by atoms with Crippen molar-refractivity contribution >= 4 is 0 Å². The summed E-state index contributed by atoms with van der Waals surface area (Å²) in [7, 11) is 0. The minimum absolute atomic E-state index is 0.728. The highest BCUT2D eigenvalue weighted by molar-refractivity contribution is 5.63. The second kappa shape index (κ2) is 5.10. The molecule has 2 fully saturated rings. The summed E-state index contributed by atoms with van der Waals surface area (Å²) in [5.74, 6) is 2.82. The van der Waals surface area contributed by atoms with Crippen molar-refractivity contribution in [3.8, 4) is 11.3 Å². The van der Waals surface area contributed by atoms with Crippen molar-refractivity contribution in [3.63, 3.8) is 0 Å². The Morgan fingerprint density at radius 3 is 2.60 bits per heavy atom. The first kappa shape index (κ1) is 12.2. The van der Waals surface area contributed by atoms with Crippen molar-refractivity contribution in [3.05, 3.63) is 47.7 Å². The van der Waals surface area contributed by atoms with Crippen LogP contribution in [0.3, 0.4) is 0 Å². The molecular weight excluding hydrogens is 246 g/mol. The van der Waals surface area contributed by atoms with Gasteiger partial charge in [0.1, 0.15) is 11.5 Å². The van der Waals surface area contributed by atoms with Crippen molar-refractivity contribution in [2.24, 2.45) is 0 Å². The van der Waals surface area contributed by atoms with Gasteiger partial charge in [0.15, 0.2) is 0 Å². The van der Waals surface area contributed by atoms with Gasteiger partial charge in [-0.3, -0.25) is 0 Å². The monoisotopic (exact) mass is 267 g/mol. The number of furan rings is 1. The molecule has 0 bridgehead atoms. The molecule has 0 aliphatic heterocycles. The predicted octanol–water partition coefficient (Wildman–Crippen LogP) is 4.47. The van der Waals surface area contributed by atoms with Gasteiger partial charge in [-0.15, -0.1) is 0 Å². The lowest BCUT2D eigenvalue weighted by Crippen LogP contribution is -2.14. The molecule has 0 unspecified atom stereocenters. The molecule has 0 saturated heterocycles. The second-order valence-corrected chi connectivity index (χ2v) is 6.14. The fourth-order valence-electron chi connectivity index (χ4n) is 2.95. The smallest absolute Gasteiger partial charge is 0.134 e. The fourth-order valence-corrected chi connectivity index (χ4v) is 2.95. The highest BCUT2D eigenvalue weighted by Crippen LogP contribution is 2.41. The molecule has 104 valence electrons. The molecule has 2 aliphatic rings. The van der Waals surface area contributed by atoms with E-state index < -0.39 is 0 Å². The molecule has 0 amide bonds. The molecule has 2 heteroatoms. The molecule has 0 radical (unpaired) electrons. The van der Waals surface area contributed by atoms with Gasteiger partial charge >= 0.3 is 0 Å². The van der Waals surface area contributed by atoms with Crippen LogP contribution in [0.5, 0.6) is 0 Å². The Balaban J connectivity index is 1.56. The van der Waals surface area contributed by atoms with Crippen LogP contribution < -0.4 is 5.32 Å². The largest absolute Gasteiger partial charge is 0.460 e. The van der Waals surface area contributed by atoms with E-state index in [1.165, 1.54) is 43.2 Å². The number of nitrogens with one attached hydrogen (secondary N) is 1. The zero-order valence-corrected chi connectivity index (χ0v) is 11.8. The van der Waals surface area contributed by atoms with Crippen molar-refractivity contribution in [2.75, 3.05) is 0 Å². The Labute approximate surface area is 120 Å². The molecule has 4 rings (SSSR count). The maximum atomic E-state index is 6.04. The maximum Gasteiger partial charge on any atom is 0.134 e. The van der Waals surface area contributed by atoms with E-state index in [0.717, 1.165) is 30.0 Å². The van der Waals surface area contributed by atoms with Gasteiger partial charge in [0.05, 0.1) is 6.54 Å². The van der Waals surface area contributed by atoms with Crippen LogP contribution >= 0.6 is 0 Å². The van der Waals surface area contributed by atoms with E-state index in [9.17, 15) is 0 Å². The zero-order chi connectivity index (χ0) is 13.4. The molecule has 1 heterocycles. The van der Waals surface area contributed by atoms with Gasteiger partial charge in [0.2, 0.25) is 0 Å². The summed E-state index contributed by atoms with van der Waals surface area (Å²) in [5.41, 5.74) is 2.75. The molecular formula is C18H21NO. The van der Waals surface area contributed by atoms with Crippen molar-refractivity contribution in [1.29, 1.82) is 0 Å². The van der Waals surface area contributed by atoms with E-state index in [0.29, 0.717) is 0 Å². The summed E-state index contributed by atoms with van der Waals surface area (Å²) in [6.45, 7) is 0.857. The van der Waals surface area contributed by atoms with E-state index >= 15 is 0 Å². The standard InChI is InChI=1S/C18H21NO/c1-2-7-17(16(6-1)13-4-3-5-13)18-11-10-15(20-18)12-19-14-8-9-14/h1-2,6-7,10-11,13-14,19H,3-5,8-9,12H2. The van der Waals surface area contributed by atoms with Crippen LogP contribution in [0.15, 0.2) is 40.8 Å². The lowest BCUT2D eigenvalue weighted by atomic mass is 9.78. The third-order valence-electron chi connectivity index (χ3n) is 4.58. The first-order chi connectivity index (χ1) is 9.90. The van der Waals surface area contributed by atoms with E-state index in [-0.39, 0.29) is 0 Å². The molecule has 2 aromatic rings. The van der Waals surface area contributed by atoms with Crippen LogP contribution in [-0.2, 0) is 6.54 Å². The quantitative estimate of drug-likeness (QED) is 0.865. The van der Waals surface area contributed by atoms with Gasteiger partial charge in [-0.1, -0.05) is 30.7 Å². The molecule has 1 N–H and O–H groups in total. The number of hydrogen-bond acceptors (Lipinski definition) is 2. The lowest BCUT2D eigenvalue weighted by molar-refractivity contribution is 0.419. The predicted molar refractivity (Wildman–Crippen MR) is 80.6 cm³/mol. The Morgan fingerprint density at radius 2 is 1.85 bits per heavy atom. The highest BCUT2D eigenvalue weighted by Gasteiger charge is 2.24. The topological polar surface area (TPSA) is 25.2 Å². The van der Waals surface area contributed by atoms with Crippen LogP contribution in [-0.4, -0.2) is 6.04 Å². The van der Waals surface area contributed by atoms with Crippen molar-refractivity contribution < 1.29 is 4.42 Å². The first-order valence-corrected chi connectivity index (χ1v) is 7.81. The number of rotatable bonds is 5. The summed E-state index contributed by atoms with van der Waals surface area (Å²) in [5, 5.41) is 3.50. The van der Waals surface area contributed by atoms with Gasteiger partial charge in [0, 0.05) is 11.6 Å². The van der Waals surface area contributed by atoms with Crippen LogP contribution in [0.4, 0.5) is 0 Å². The Hall–Kier alpha value is -1.54. The van der Waals surface area contributed by atoms with Gasteiger partial charge in [-0.05, 0) is 49.3 Å². The van der Waals surface area contributed by atoms with Gasteiger partial charge in [-0.25, -0.2) is 0 Å². The summed E-state index contributed by atoms with van der Waals surface area (Å²) >= 11 is 0. The molecule has 2 nitrogen and oxygen atoms in total. The lowest BCUT2D eigenvalue weighted by Gasteiger charge is -2.27. The van der Waals surface area contributed by atoms with Gasteiger partial charge < -0.3 is 9.73 Å². The molecule has 20 heavy (non-hydrogen) atoms. The Kier molecular flexibility index (Phi) is 3.12. The minimum atomic E-state index is 0.728. The van der Waals surface area contributed by atoms with Gasteiger partial charge in [0.25, 0.3) is 0 Å². The Morgan fingerprint density at radius 1 is 1.00 bits per heavy atom. The normalized spacial score (nSPS) is 19.0. The number of hydrogen-bond donors (Lipinski definition) is 1. The van der Waals surface area contributed by atoms with Crippen LogP contribution in [0.2, 0.25) is 0 Å². The summed E-state index contributed by atoms with van der Waals surface area (Å²) < 4.78 is 6.04. The number of benzene rings is 1. The van der Waals surface area contributed by atoms with Crippen molar-refractivity contribution in [1.82, 2.24) is 5.32 Å². The highest BCUT2D eigenvalue weighted by atomic mass is 16.3. The molecule has 1 aromatic heterocycles. The average Bonchev–Trinajstić information content (AvgIpc) is 3.13. The van der Waals surface area contributed by atoms with E-state index in [1.807, 2.05) is 0 Å². The molecule has 1 aromatic carbocycles. The minimum Gasteiger partial charge on any atom is -0.460 e. The van der Waals surface area contributed by atoms with Crippen LogP contribution in [0.1, 0.15) is 49.3 Å². The van der Waals surface area contributed by atoms with E-state index in [2.05, 4.69) is 41.7 Å². The summed E-state index contributed by atoms with van der Waals surface area (Å²) in [4.78, 5) is 0. The van der Waals surface area contributed by atoms with E-state index in [4.69, 9.17) is 4.42 Å². The third-order valence-corrected chi connectivity index (χ3v) is 4.58. The first-order valence-electron chi connectivity index (χ1n) is 7.81. The van der Waals surface area contributed by atoms with Crippen LogP contribution in [0.25, 0.3) is 11.3 Å². The molecule has 2 aliphatic carbocycles. The Bertz CT molecular complexity index is 593. The zero-order valence-electron chi connectivity index (χ0n) is 11.8. The fraction of sp³-hybridized carbons (Fsp3) is 0.444. The van der Waals surface area contributed by atoms with Crippen LogP contribution in [0, 0.1) is 0 Å². The van der Waals surface area contributed by atoms with E-state index in [1.54, 1.807) is 0 Å². The molecule has 0 spiro atoms. The third kappa shape index (κ3) is 2.40. The van der Waals surface area contributed by atoms with Gasteiger partial charge in [-0.2, -0.15) is 0 Å².